The van der Waals surface area contributed by atoms with Gasteiger partial charge < -0.3 is 24.4 Å². The van der Waals surface area contributed by atoms with E-state index < -0.39 is 12.1 Å². The van der Waals surface area contributed by atoms with E-state index in [1.807, 2.05) is 6.07 Å². The molecule has 2 aromatic rings. The molecule has 0 aromatic heterocycles. The van der Waals surface area contributed by atoms with Crippen molar-refractivity contribution in [3.63, 3.8) is 0 Å². The van der Waals surface area contributed by atoms with Crippen LogP contribution in [-0.4, -0.2) is 42.3 Å². The molecule has 2 N–H and O–H groups in total. The number of phenols is 2. The van der Waals surface area contributed by atoms with Gasteiger partial charge in [-0.1, -0.05) is 31.1 Å². The van der Waals surface area contributed by atoms with Crippen molar-refractivity contribution in [3.8, 4) is 23.0 Å². The Morgan fingerprint density at radius 3 is 2.47 bits per heavy atom. The molecule has 7 heteroatoms. The number of fused-ring (bicyclic) bond motifs is 2. The van der Waals surface area contributed by atoms with E-state index in [4.69, 9.17) is 14.2 Å². The van der Waals surface area contributed by atoms with Crippen molar-refractivity contribution >= 4 is 17.8 Å². The molecule has 0 heterocycles. The zero-order chi connectivity index (χ0) is 27.2. The number of aryl methyl sites for hydroxylation is 1. The van der Waals surface area contributed by atoms with Crippen LogP contribution in [0.4, 0.5) is 0 Å². The Morgan fingerprint density at radius 2 is 1.74 bits per heavy atom. The Morgan fingerprint density at radius 1 is 1.00 bits per heavy atom. The highest BCUT2D eigenvalue weighted by Gasteiger charge is 2.36. The van der Waals surface area contributed by atoms with Crippen molar-refractivity contribution < 1.29 is 34.0 Å². The van der Waals surface area contributed by atoms with Gasteiger partial charge in [-0.05, 0) is 84.4 Å². The van der Waals surface area contributed by atoms with Crippen molar-refractivity contribution in [2.24, 2.45) is 11.8 Å². The van der Waals surface area contributed by atoms with Crippen LogP contribution in [0.2, 0.25) is 0 Å². The van der Waals surface area contributed by atoms with Gasteiger partial charge in [-0.25, -0.2) is 0 Å². The van der Waals surface area contributed by atoms with Gasteiger partial charge >= 0.3 is 5.97 Å². The lowest BCUT2D eigenvalue weighted by molar-refractivity contribution is -0.147. The fraction of sp³-hybridized carbons (Fsp3) is 0.484. The van der Waals surface area contributed by atoms with E-state index in [-0.39, 0.29) is 29.6 Å². The second-order valence-corrected chi connectivity index (χ2v) is 10.5. The van der Waals surface area contributed by atoms with Crippen LogP contribution in [0.25, 0.3) is 6.08 Å². The number of allylic oxidation sites excluding steroid dienone is 1. The van der Waals surface area contributed by atoms with E-state index in [0.29, 0.717) is 42.6 Å². The second-order valence-electron chi connectivity index (χ2n) is 10.5. The summed E-state index contributed by atoms with van der Waals surface area (Å²) >= 11 is 0. The molecule has 1 saturated carbocycles. The van der Waals surface area contributed by atoms with Crippen LogP contribution >= 0.6 is 0 Å². The fourth-order valence-electron chi connectivity index (χ4n) is 6.10. The number of ketones is 1. The number of carbonyl (C=O) groups excluding carboxylic acids is 2. The summed E-state index contributed by atoms with van der Waals surface area (Å²) in [5.41, 5.74) is 2.87. The first-order valence-electron chi connectivity index (χ1n) is 13.4. The van der Waals surface area contributed by atoms with Gasteiger partial charge in [0.25, 0.3) is 0 Å². The van der Waals surface area contributed by atoms with Gasteiger partial charge in [0, 0.05) is 19.8 Å². The summed E-state index contributed by atoms with van der Waals surface area (Å²) < 4.78 is 16.2. The summed E-state index contributed by atoms with van der Waals surface area (Å²) in [5, 5.41) is 20.3. The Kier molecular flexibility index (Phi) is 8.97. The number of Topliss-reactive ketones (excluding diaryl/α,β-unsaturated/α-hetero) is 1. The van der Waals surface area contributed by atoms with Crippen molar-refractivity contribution in [3.05, 3.63) is 53.1 Å². The summed E-state index contributed by atoms with van der Waals surface area (Å²) in [5.74, 6) is 1.28. The minimum absolute atomic E-state index is 0.00774. The number of phenolic OH excluding ortho intramolecular Hbond substituents is 2. The van der Waals surface area contributed by atoms with Gasteiger partial charge in [0.05, 0.1) is 14.2 Å². The van der Waals surface area contributed by atoms with E-state index in [1.54, 1.807) is 24.3 Å². The molecule has 0 radical (unpaired) electrons. The Hall–Kier alpha value is -3.48. The summed E-state index contributed by atoms with van der Waals surface area (Å²) in [7, 11) is 3.03. The van der Waals surface area contributed by atoms with E-state index in [2.05, 4.69) is 12.2 Å². The third-order valence-electron chi connectivity index (χ3n) is 7.93. The summed E-state index contributed by atoms with van der Waals surface area (Å²) in [6, 6.07) is 8.73. The smallest absolute Gasteiger partial charge is 0.302 e. The lowest BCUT2D eigenvalue weighted by Crippen LogP contribution is -2.27. The molecule has 2 aromatic carbocycles. The number of rotatable bonds is 10. The maximum Gasteiger partial charge on any atom is 0.302 e. The largest absolute Gasteiger partial charge is 0.504 e. The van der Waals surface area contributed by atoms with Gasteiger partial charge in [0.1, 0.15) is 11.9 Å². The normalized spacial score (nSPS) is 21.0. The SMILES string of the molecule is COc1cc(CC[C@H](CC(=O)C[C@@H]2c3cc(OC)c(O)cc3C=C[C@@H]3CCCC[C@@H]32)OC(C)=O)ccc1O. The van der Waals surface area contributed by atoms with Crippen molar-refractivity contribution in [2.45, 2.75) is 70.3 Å². The third kappa shape index (κ3) is 6.50. The summed E-state index contributed by atoms with van der Waals surface area (Å²) in [4.78, 5) is 25.4. The van der Waals surface area contributed by atoms with Crippen molar-refractivity contribution in [2.75, 3.05) is 14.2 Å². The van der Waals surface area contributed by atoms with Crippen molar-refractivity contribution in [1.29, 1.82) is 0 Å². The van der Waals surface area contributed by atoms with Crippen LogP contribution < -0.4 is 9.47 Å². The van der Waals surface area contributed by atoms with Gasteiger partial charge in [-0.3, -0.25) is 9.59 Å². The van der Waals surface area contributed by atoms with Gasteiger partial charge in [-0.15, -0.1) is 0 Å². The first-order valence-corrected chi connectivity index (χ1v) is 13.4. The number of hydrogen-bond donors (Lipinski definition) is 2. The van der Waals surface area contributed by atoms with Gasteiger partial charge in [-0.2, -0.15) is 0 Å². The topological polar surface area (TPSA) is 102 Å². The van der Waals surface area contributed by atoms with Crippen LogP contribution in [0.1, 0.15) is 74.5 Å². The molecular weight excluding hydrogens is 484 g/mol. The van der Waals surface area contributed by atoms with Crippen LogP contribution in [0.15, 0.2) is 36.4 Å². The molecule has 4 atom stereocenters. The monoisotopic (exact) mass is 522 g/mol. The first-order chi connectivity index (χ1) is 18.3. The highest BCUT2D eigenvalue weighted by Crippen LogP contribution is 2.48. The number of esters is 1. The van der Waals surface area contributed by atoms with Crippen LogP contribution in [-0.2, 0) is 20.7 Å². The lowest BCUT2D eigenvalue weighted by Gasteiger charge is -2.35. The average Bonchev–Trinajstić information content (AvgIpc) is 3.04. The zero-order valence-electron chi connectivity index (χ0n) is 22.4. The molecule has 0 saturated heterocycles. The van der Waals surface area contributed by atoms with Crippen LogP contribution in [0.5, 0.6) is 23.0 Å². The van der Waals surface area contributed by atoms with E-state index in [9.17, 15) is 19.8 Å². The van der Waals surface area contributed by atoms with Gasteiger partial charge in [0.2, 0.25) is 0 Å². The van der Waals surface area contributed by atoms with Crippen molar-refractivity contribution in [1.82, 2.24) is 0 Å². The molecule has 4 rings (SSSR count). The number of aromatic hydroxyl groups is 2. The Labute approximate surface area is 224 Å². The Bertz CT molecular complexity index is 1180. The summed E-state index contributed by atoms with van der Waals surface area (Å²) in [6.07, 6.45) is 9.76. The van der Waals surface area contributed by atoms with Crippen LogP contribution in [0.3, 0.4) is 0 Å². The third-order valence-corrected chi connectivity index (χ3v) is 7.93. The minimum Gasteiger partial charge on any atom is -0.504 e. The molecule has 2 aliphatic carbocycles. The number of ether oxygens (including phenoxy) is 3. The zero-order valence-corrected chi connectivity index (χ0v) is 22.4. The number of carbonyl (C=O) groups is 2. The lowest BCUT2D eigenvalue weighted by atomic mass is 9.69. The van der Waals surface area contributed by atoms with E-state index >= 15 is 0 Å². The van der Waals surface area contributed by atoms with Crippen LogP contribution in [0, 0.1) is 11.8 Å². The number of benzene rings is 2. The van der Waals surface area contributed by atoms with E-state index in [0.717, 1.165) is 36.0 Å². The standard InChI is InChI=1S/C31H38O7/c1-19(32)38-24(12-8-20-9-13-28(34)30(14-20)36-2)16-23(33)17-27-25-7-5-4-6-21(25)10-11-22-15-29(35)31(37-3)18-26(22)27/h9-11,13-15,18,21,24-25,27,34-35H,4-8,12,16-17H2,1-3H3/t21-,24+,25-,27-/m0/s1. The highest BCUT2D eigenvalue weighted by molar-refractivity contribution is 5.81. The summed E-state index contributed by atoms with van der Waals surface area (Å²) in [6.45, 7) is 1.36. The molecule has 0 spiro atoms. The number of methoxy groups -OCH3 is 2. The minimum atomic E-state index is -0.542. The first kappa shape index (κ1) is 27.6. The molecule has 2 aliphatic rings. The second kappa shape index (κ2) is 12.4. The molecule has 38 heavy (non-hydrogen) atoms. The molecular formula is C31H38O7. The maximum absolute atomic E-state index is 13.5. The quantitative estimate of drug-likeness (QED) is 0.372. The highest BCUT2D eigenvalue weighted by atomic mass is 16.5. The molecule has 0 bridgehead atoms. The molecule has 0 amide bonds. The molecule has 1 fully saturated rings. The molecule has 0 aliphatic heterocycles. The van der Waals surface area contributed by atoms with E-state index in [1.165, 1.54) is 27.6 Å². The average molecular weight is 523 g/mol. The molecule has 7 nitrogen and oxygen atoms in total. The fourth-order valence-corrected chi connectivity index (χ4v) is 6.10. The molecule has 204 valence electrons. The predicted octanol–water partition coefficient (Wildman–Crippen LogP) is 5.95. The Balaban J connectivity index is 1.52. The van der Waals surface area contributed by atoms with Gasteiger partial charge in [0.15, 0.2) is 23.0 Å². The predicted molar refractivity (Wildman–Crippen MR) is 145 cm³/mol. The number of hydrogen-bond acceptors (Lipinski definition) is 7. The maximum atomic E-state index is 13.5. The molecule has 0 unspecified atom stereocenters.